The van der Waals surface area contributed by atoms with Gasteiger partial charge in [-0.15, -0.1) is 0 Å². The largest absolute Gasteiger partial charge is 0.497 e. The minimum absolute atomic E-state index is 0.737. The number of hydrogen-bond acceptors (Lipinski definition) is 3. The first-order valence-electron chi connectivity index (χ1n) is 6.96. The van der Waals surface area contributed by atoms with E-state index in [4.69, 9.17) is 9.47 Å². The van der Waals surface area contributed by atoms with Crippen LogP contribution in [0, 0.1) is 6.92 Å². The zero-order valence-electron chi connectivity index (χ0n) is 12.1. The summed E-state index contributed by atoms with van der Waals surface area (Å²) >= 11 is 0. The Labute approximate surface area is 120 Å². The molecule has 106 valence electrons. The predicted molar refractivity (Wildman–Crippen MR) is 80.4 cm³/mol. The van der Waals surface area contributed by atoms with E-state index in [1.54, 1.807) is 13.3 Å². The molecule has 0 saturated heterocycles. The third-order valence-corrected chi connectivity index (χ3v) is 3.17. The minimum Gasteiger partial charge on any atom is -0.497 e. The third-order valence-electron chi connectivity index (χ3n) is 3.17. The van der Waals surface area contributed by atoms with Gasteiger partial charge in [0.15, 0.2) is 0 Å². The lowest BCUT2D eigenvalue weighted by molar-refractivity contribution is 0.305. The highest BCUT2D eigenvalue weighted by Gasteiger charge is 1.97. The van der Waals surface area contributed by atoms with Crippen molar-refractivity contribution in [2.24, 2.45) is 0 Å². The van der Waals surface area contributed by atoms with Crippen molar-refractivity contribution in [1.29, 1.82) is 0 Å². The van der Waals surface area contributed by atoms with Crippen LogP contribution in [0.3, 0.4) is 0 Å². The SMILES string of the molecule is COc1ccc(CCCCOc2ccc(C)nc2)cc1. The molecule has 3 heteroatoms. The lowest BCUT2D eigenvalue weighted by Gasteiger charge is -2.06. The van der Waals surface area contributed by atoms with Crippen molar-refractivity contribution in [3.63, 3.8) is 0 Å². The van der Waals surface area contributed by atoms with Gasteiger partial charge < -0.3 is 9.47 Å². The number of hydrogen-bond donors (Lipinski definition) is 0. The van der Waals surface area contributed by atoms with E-state index in [2.05, 4.69) is 17.1 Å². The van der Waals surface area contributed by atoms with E-state index in [1.165, 1.54) is 5.56 Å². The zero-order chi connectivity index (χ0) is 14.2. The van der Waals surface area contributed by atoms with Crippen molar-refractivity contribution in [3.8, 4) is 11.5 Å². The summed E-state index contributed by atoms with van der Waals surface area (Å²) in [6.45, 7) is 2.71. The number of nitrogens with zero attached hydrogens (tertiary/aromatic N) is 1. The monoisotopic (exact) mass is 271 g/mol. The Kier molecular flexibility index (Phi) is 5.42. The normalized spacial score (nSPS) is 10.3. The Morgan fingerprint density at radius 2 is 1.70 bits per heavy atom. The first kappa shape index (κ1) is 14.4. The van der Waals surface area contributed by atoms with Crippen molar-refractivity contribution in [2.75, 3.05) is 13.7 Å². The van der Waals surface area contributed by atoms with Crippen molar-refractivity contribution in [2.45, 2.75) is 26.2 Å². The number of pyridine rings is 1. The summed E-state index contributed by atoms with van der Waals surface area (Å²) in [4.78, 5) is 4.21. The minimum atomic E-state index is 0.737. The highest BCUT2D eigenvalue weighted by molar-refractivity contribution is 5.27. The number of ether oxygens (including phenoxy) is 2. The number of aromatic nitrogens is 1. The maximum absolute atomic E-state index is 5.65. The van der Waals surface area contributed by atoms with Crippen LogP contribution in [0.15, 0.2) is 42.6 Å². The Balaban J connectivity index is 1.64. The van der Waals surface area contributed by atoms with Crippen LogP contribution in [0.1, 0.15) is 24.1 Å². The van der Waals surface area contributed by atoms with E-state index < -0.39 is 0 Å². The number of rotatable bonds is 7. The Hall–Kier alpha value is -2.03. The molecule has 1 aromatic carbocycles. The molecule has 0 spiro atoms. The van der Waals surface area contributed by atoms with E-state index in [9.17, 15) is 0 Å². The second-order valence-electron chi connectivity index (χ2n) is 4.79. The molecule has 0 unspecified atom stereocenters. The van der Waals surface area contributed by atoms with Crippen LogP contribution >= 0.6 is 0 Å². The number of benzene rings is 1. The molecule has 0 fully saturated rings. The van der Waals surface area contributed by atoms with Gasteiger partial charge in [-0.1, -0.05) is 12.1 Å². The summed E-state index contributed by atoms with van der Waals surface area (Å²) in [5.41, 5.74) is 2.35. The van der Waals surface area contributed by atoms with Crippen LogP contribution in [-0.2, 0) is 6.42 Å². The Morgan fingerprint density at radius 1 is 0.950 bits per heavy atom. The molecule has 1 heterocycles. The van der Waals surface area contributed by atoms with Gasteiger partial charge in [0.2, 0.25) is 0 Å². The van der Waals surface area contributed by atoms with E-state index in [-0.39, 0.29) is 0 Å². The van der Waals surface area contributed by atoms with Crippen LogP contribution in [0.2, 0.25) is 0 Å². The summed E-state index contributed by atoms with van der Waals surface area (Å²) < 4.78 is 10.8. The van der Waals surface area contributed by atoms with Crippen molar-refractivity contribution >= 4 is 0 Å². The average Bonchev–Trinajstić information content (AvgIpc) is 2.49. The maximum atomic E-state index is 5.65. The van der Waals surface area contributed by atoms with Gasteiger partial charge in [-0.05, 0) is 56.0 Å². The van der Waals surface area contributed by atoms with Gasteiger partial charge in [0.25, 0.3) is 0 Å². The highest BCUT2D eigenvalue weighted by Crippen LogP contribution is 2.14. The fourth-order valence-electron chi connectivity index (χ4n) is 1.95. The zero-order valence-corrected chi connectivity index (χ0v) is 12.1. The third kappa shape index (κ3) is 4.57. The Morgan fingerprint density at radius 3 is 2.35 bits per heavy atom. The summed E-state index contributed by atoms with van der Waals surface area (Å²) in [7, 11) is 1.69. The molecule has 0 amide bonds. The van der Waals surface area contributed by atoms with E-state index in [1.807, 2.05) is 31.2 Å². The molecule has 0 aliphatic heterocycles. The topological polar surface area (TPSA) is 31.4 Å². The molecule has 1 aromatic heterocycles. The second-order valence-corrected chi connectivity index (χ2v) is 4.79. The number of methoxy groups -OCH3 is 1. The number of aryl methyl sites for hydroxylation is 2. The molecule has 0 aliphatic carbocycles. The highest BCUT2D eigenvalue weighted by atomic mass is 16.5. The fraction of sp³-hybridized carbons (Fsp3) is 0.353. The smallest absolute Gasteiger partial charge is 0.137 e. The molecule has 0 bridgehead atoms. The molecule has 0 radical (unpaired) electrons. The van der Waals surface area contributed by atoms with Gasteiger partial charge in [0, 0.05) is 5.69 Å². The van der Waals surface area contributed by atoms with Gasteiger partial charge >= 0.3 is 0 Å². The van der Waals surface area contributed by atoms with Crippen LogP contribution in [0.5, 0.6) is 11.5 Å². The molecule has 0 atom stereocenters. The quantitative estimate of drug-likeness (QED) is 0.718. The second kappa shape index (κ2) is 7.53. The van der Waals surface area contributed by atoms with Gasteiger partial charge in [0.1, 0.15) is 11.5 Å². The van der Waals surface area contributed by atoms with Gasteiger partial charge in [-0.2, -0.15) is 0 Å². The standard InChI is InChI=1S/C17H21NO2/c1-14-6-9-17(13-18-14)20-12-4-3-5-15-7-10-16(19-2)11-8-15/h6-11,13H,3-5,12H2,1-2H3. The van der Waals surface area contributed by atoms with E-state index >= 15 is 0 Å². The van der Waals surface area contributed by atoms with Gasteiger partial charge in [0.05, 0.1) is 19.9 Å². The molecule has 2 rings (SSSR count). The van der Waals surface area contributed by atoms with Gasteiger partial charge in [-0.25, -0.2) is 0 Å². The Bertz CT molecular complexity index is 506. The first-order chi connectivity index (χ1) is 9.78. The molecule has 0 aliphatic rings. The van der Waals surface area contributed by atoms with E-state index in [0.29, 0.717) is 0 Å². The van der Waals surface area contributed by atoms with Crippen molar-refractivity contribution in [3.05, 3.63) is 53.9 Å². The fourth-order valence-corrected chi connectivity index (χ4v) is 1.95. The van der Waals surface area contributed by atoms with Crippen LogP contribution < -0.4 is 9.47 Å². The molecule has 0 N–H and O–H groups in total. The van der Waals surface area contributed by atoms with Crippen molar-refractivity contribution in [1.82, 2.24) is 4.98 Å². The van der Waals surface area contributed by atoms with Crippen molar-refractivity contribution < 1.29 is 9.47 Å². The molecule has 3 nitrogen and oxygen atoms in total. The summed E-state index contributed by atoms with van der Waals surface area (Å²) in [6, 6.07) is 12.2. The summed E-state index contributed by atoms with van der Waals surface area (Å²) in [5, 5.41) is 0. The first-order valence-corrected chi connectivity index (χ1v) is 6.96. The average molecular weight is 271 g/mol. The van der Waals surface area contributed by atoms with Crippen LogP contribution in [0.25, 0.3) is 0 Å². The molecule has 20 heavy (non-hydrogen) atoms. The maximum Gasteiger partial charge on any atom is 0.137 e. The lowest BCUT2D eigenvalue weighted by atomic mass is 10.1. The lowest BCUT2D eigenvalue weighted by Crippen LogP contribution is -1.99. The number of unbranched alkanes of at least 4 members (excludes halogenated alkanes) is 1. The molecular formula is C17H21NO2. The van der Waals surface area contributed by atoms with Gasteiger partial charge in [-0.3, -0.25) is 4.98 Å². The summed E-state index contributed by atoms with van der Waals surface area (Å²) in [5.74, 6) is 1.75. The van der Waals surface area contributed by atoms with Crippen LogP contribution in [-0.4, -0.2) is 18.7 Å². The predicted octanol–water partition coefficient (Wildman–Crippen LogP) is 3.80. The molecule has 0 saturated carbocycles. The van der Waals surface area contributed by atoms with E-state index in [0.717, 1.165) is 43.1 Å². The molecular weight excluding hydrogens is 250 g/mol. The van der Waals surface area contributed by atoms with Crippen LogP contribution in [0.4, 0.5) is 0 Å². The summed E-state index contributed by atoms with van der Waals surface area (Å²) in [6.07, 6.45) is 5.00. The molecule has 2 aromatic rings.